The first-order valence-electron chi connectivity index (χ1n) is 5.41. The maximum Gasteiger partial charge on any atom is 0.242 e. The lowest BCUT2D eigenvalue weighted by Crippen LogP contribution is -2.25. The molecular formula is C11H18N2O2S2. The number of hydrogen-bond acceptors (Lipinski definition) is 4. The molecule has 0 spiro atoms. The van der Waals surface area contributed by atoms with Gasteiger partial charge in [0.25, 0.3) is 0 Å². The summed E-state index contributed by atoms with van der Waals surface area (Å²) >= 11 is 1.76. The molecule has 3 N–H and O–H groups in total. The van der Waals surface area contributed by atoms with Crippen molar-refractivity contribution in [2.75, 3.05) is 24.3 Å². The highest BCUT2D eigenvalue weighted by molar-refractivity contribution is 7.98. The fourth-order valence-corrected chi connectivity index (χ4v) is 3.08. The first kappa shape index (κ1) is 14.3. The van der Waals surface area contributed by atoms with Crippen LogP contribution in [0.5, 0.6) is 0 Å². The first-order chi connectivity index (χ1) is 8.08. The molecular weight excluding hydrogens is 256 g/mol. The fraction of sp³-hybridized carbons (Fsp3) is 0.455. The van der Waals surface area contributed by atoms with E-state index in [-0.39, 0.29) is 10.6 Å². The van der Waals surface area contributed by atoms with Gasteiger partial charge in [0.2, 0.25) is 10.0 Å². The zero-order valence-electron chi connectivity index (χ0n) is 9.85. The van der Waals surface area contributed by atoms with Crippen LogP contribution in [0.4, 0.5) is 5.69 Å². The highest BCUT2D eigenvalue weighted by atomic mass is 32.2. The number of hydrogen-bond donors (Lipinski definition) is 2. The molecule has 17 heavy (non-hydrogen) atoms. The van der Waals surface area contributed by atoms with E-state index in [1.165, 1.54) is 6.07 Å². The maximum absolute atomic E-state index is 11.9. The molecule has 0 aliphatic rings. The van der Waals surface area contributed by atoms with Crippen molar-refractivity contribution in [2.24, 2.45) is 0 Å². The molecule has 0 saturated heterocycles. The molecule has 0 heterocycles. The van der Waals surface area contributed by atoms with Crippen molar-refractivity contribution in [1.82, 2.24) is 4.72 Å². The number of anilines is 1. The predicted molar refractivity (Wildman–Crippen MR) is 73.7 cm³/mol. The summed E-state index contributed by atoms with van der Waals surface area (Å²) in [6.45, 7) is 0.456. The van der Waals surface area contributed by atoms with E-state index in [0.29, 0.717) is 6.54 Å². The zero-order chi connectivity index (χ0) is 12.7. The summed E-state index contributed by atoms with van der Waals surface area (Å²) in [4.78, 5) is 0.157. The first-order valence-corrected chi connectivity index (χ1v) is 8.29. The number of nitrogens with two attached hydrogens (primary N) is 1. The summed E-state index contributed by atoms with van der Waals surface area (Å²) < 4.78 is 26.3. The van der Waals surface area contributed by atoms with E-state index in [0.717, 1.165) is 18.6 Å². The lowest BCUT2D eigenvalue weighted by molar-refractivity contribution is 0.579. The van der Waals surface area contributed by atoms with Crippen molar-refractivity contribution in [1.29, 1.82) is 0 Å². The van der Waals surface area contributed by atoms with E-state index >= 15 is 0 Å². The molecule has 6 heteroatoms. The van der Waals surface area contributed by atoms with Crippen LogP contribution in [0.25, 0.3) is 0 Å². The molecule has 96 valence electrons. The Bertz CT molecular complexity index is 447. The van der Waals surface area contributed by atoms with Crippen molar-refractivity contribution in [3.05, 3.63) is 24.3 Å². The van der Waals surface area contributed by atoms with Gasteiger partial charge in [0.1, 0.15) is 4.90 Å². The van der Waals surface area contributed by atoms with Crippen LogP contribution in [-0.2, 0) is 10.0 Å². The number of sulfonamides is 1. The van der Waals surface area contributed by atoms with Crippen LogP contribution in [0, 0.1) is 0 Å². The Balaban J connectivity index is 2.55. The third-order valence-corrected chi connectivity index (χ3v) is 4.51. The van der Waals surface area contributed by atoms with Crippen LogP contribution >= 0.6 is 11.8 Å². The van der Waals surface area contributed by atoms with Gasteiger partial charge in [-0.25, -0.2) is 13.1 Å². The minimum Gasteiger partial charge on any atom is -0.398 e. The normalized spacial score (nSPS) is 11.6. The summed E-state index contributed by atoms with van der Waals surface area (Å²) in [5, 5.41) is 0. The van der Waals surface area contributed by atoms with E-state index in [4.69, 9.17) is 5.73 Å². The van der Waals surface area contributed by atoms with Crippen LogP contribution in [0.15, 0.2) is 29.2 Å². The Kier molecular flexibility index (Phi) is 5.80. The van der Waals surface area contributed by atoms with Gasteiger partial charge in [-0.3, -0.25) is 0 Å². The van der Waals surface area contributed by atoms with E-state index in [2.05, 4.69) is 4.72 Å². The molecule has 1 rings (SSSR count). The average Bonchev–Trinajstić information content (AvgIpc) is 2.29. The summed E-state index contributed by atoms with van der Waals surface area (Å²) in [5.74, 6) is 1.05. The number of nitrogens with one attached hydrogen (secondary N) is 1. The van der Waals surface area contributed by atoms with E-state index in [1.54, 1.807) is 30.0 Å². The number of thioether (sulfide) groups is 1. The van der Waals surface area contributed by atoms with Crippen molar-refractivity contribution in [2.45, 2.75) is 17.7 Å². The lowest BCUT2D eigenvalue weighted by Gasteiger charge is -2.08. The van der Waals surface area contributed by atoms with Crippen molar-refractivity contribution in [3.63, 3.8) is 0 Å². The van der Waals surface area contributed by atoms with Gasteiger partial charge in [0, 0.05) is 6.54 Å². The Morgan fingerprint density at radius 1 is 1.29 bits per heavy atom. The Labute approximate surface area is 107 Å². The standard InChI is InChI=1S/C11H18N2O2S2/c1-16-9-5-4-8-13-17(14,15)11-7-3-2-6-10(11)12/h2-3,6-7,13H,4-5,8-9,12H2,1H3. The summed E-state index contributed by atoms with van der Waals surface area (Å²) in [6, 6.07) is 6.48. The van der Waals surface area contributed by atoms with Gasteiger partial charge >= 0.3 is 0 Å². The number of rotatable bonds is 7. The van der Waals surface area contributed by atoms with Gasteiger partial charge < -0.3 is 5.73 Å². The molecule has 0 atom stereocenters. The minimum atomic E-state index is -3.46. The average molecular weight is 274 g/mol. The molecule has 0 fully saturated rings. The lowest BCUT2D eigenvalue weighted by atomic mass is 10.3. The number of unbranched alkanes of at least 4 members (excludes halogenated alkanes) is 1. The van der Waals surface area contributed by atoms with E-state index in [1.807, 2.05) is 6.26 Å². The van der Waals surface area contributed by atoms with Crippen LogP contribution in [-0.4, -0.2) is 27.0 Å². The van der Waals surface area contributed by atoms with Crippen LogP contribution in [0.1, 0.15) is 12.8 Å². The van der Waals surface area contributed by atoms with Gasteiger partial charge in [-0.2, -0.15) is 11.8 Å². The summed E-state index contributed by atoms with van der Waals surface area (Å²) in [5.41, 5.74) is 5.92. The van der Waals surface area contributed by atoms with Crippen molar-refractivity contribution < 1.29 is 8.42 Å². The molecule has 0 aromatic heterocycles. The van der Waals surface area contributed by atoms with E-state index in [9.17, 15) is 8.42 Å². The fourth-order valence-electron chi connectivity index (χ4n) is 1.38. The molecule has 0 aliphatic heterocycles. The third kappa shape index (κ3) is 4.57. The van der Waals surface area contributed by atoms with Gasteiger partial charge in [-0.15, -0.1) is 0 Å². The van der Waals surface area contributed by atoms with Gasteiger partial charge in [0.05, 0.1) is 5.69 Å². The molecule has 0 radical (unpaired) electrons. The number of nitrogen functional groups attached to an aromatic ring is 1. The topological polar surface area (TPSA) is 72.2 Å². The predicted octanol–water partition coefficient (Wildman–Crippen LogP) is 1.69. The molecule has 0 bridgehead atoms. The molecule has 1 aromatic carbocycles. The Hall–Kier alpha value is -0.720. The highest BCUT2D eigenvalue weighted by Gasteiger charge is 2.15. The summed E-state index contributed by atoms with van der Waals surface area (Å²) in [6.07, 6.45) is 3.88. The third-order valence-electron chi connectivity index (χ3n) is 2.28. The molecule has 0 saturated carbocycles. The molecule has 0 amide bonds. The Morgan fingerprint density at radius 3 is 2.65 bits per heavy atom. The number of para-hydroxylation sites is 1. The van der Waals surface area contributed by atoms with Crippen LogP contribution in [0.3, 0.4) is 0 Å². The maximum atomic E-state index is 11.9. The van der Waals surface area contributed by atoms with Crippen LogP contribution in [0.2, 0.25) is 0 Å². The van der Waals surface area contributed by atoms with E-state index < -0.39 is 10.0 Å². The monoisotopic (exact) mass is 274 g/mol. The number of benzene rings is 1. The minimum absolute atomic E-state index is 0.157. The summed E-state index contributed by atoms with van der Waals surface area (Å²) in [7, 11) is -3.46. The zero-order valence-corrected chi connectivity index (χ0v) is 11.5. The molecule has 0 unspecified atom stereocenters. The SMILES string of the molecule is CSCCCCNS(=O)(=O)c1ccccc1N. The van der Waals surface area contributed by atoms with Gasteiger partial charge in [0.15, 0.2) is 0 Å². The Morgan fingerprint density at radius 2 is 2.00 bits per heavy atom. The smallest absolute Gasteiger partial charge is 0.242 e. The highest BCUT2D eigenvalue weighted by Crippen LogP contribution is 2.16. The van der Waals surface area contributed by atoms with Crippen molar-refractivity contribution in [3.8, 4) is 0 Å². The molecule has 0 aliphatic carbocycles. The van der Waals surface area contributed by atoms with Gasteiger partial charge in [-0.1, -0.05) is 12.1 Å². The molecule has 4 nitrogen and oxygen atoms in total. The second-order valence-electron chi connectivity index (χ2n) is 3.64. The quantitative estimate of drug-likeness (QED) is 0.586. The molecule has 1 aromatic rings. The van der Waals surface area contributed by atoms with Crippen molar-refractivity contribution >= 4 is 27.5 Å². The second-order valence-corrected chi connectivity index (χ2v) is 6.36. The van der Waals surface area contributed by atoms with Gasteiger partial charge in [-0.05, 0) is 37.0 Å². The largest absolute Gasteiger partial charge is 0.398 e. The second kappa shape index (κ2) is 6.88. The van der Waals surface area contributed by atoms with Crippen LogP contribution < -0.4 is 10.5 Å².